The lowest BCUT2D eigenvalue weighted by molar-refractivity contribution is -0.122. The van der Waals surface area contributed by atoms with Crippen molar-refractivity contribution >= 4 is 27.5 Å². The third-order valence-corrected chi connectivity index (χ3v) is 4.24. The van der Waals surface area contributed by atoms with Crippen LogP contribution in [-0.2, 0) is 11.3 Å². The van der Waals surface area contributed by atoms with Crippen LogP contribution in [0.15, 0.2) is 22.7 Å². The van der Waals surface area contributed by atoms with E-state index in [1.165, 1.54) is 0 Å². The molecular weight excluding hydrogens is 306 g/mol. The van der Waals surface area contributed by atoms with Crippen LogP contribution in [0.25, 0.3) is 0 Å². The summed E-state index contributed by atoms with van der Waals surface area (Å²) in [5.41, 5.74) is 7.81. The molecule has 0 saturated carbocycles. The van der Waals surface area contributed by atoms with Gasteiger partial charge in [0.1, 0.15) is 6.04 Å². The van der Waals surface area contributed by atoms with Crippen molar-refractivity contribution in [2.75, 3.05) is 18.5 Å². The van der Waals surface area contributed by atoms with Gasteiger partial charge in [-0.05, 0) is 52.9 Å². The molecule has 0 spiro atoms. The van der Waals surface area contributed by atoms with Crippen LogP contribution in [0.3, 0.4) is 0 Å². The molecule has 1 aromatic carbocycles. The fourth-order valence-corrected chi connectivity index (χ4v) is 3.22. The van der Waals surface area contributed by atoms with E-state index in [0.29, 0.717) is 6.54 Å². The van der Waals surface area contributed by atoms with Gasteiger partial charge in [0, 0.05) is 24.6 Å². The zero-order valence-corrected chi connectivity index (χ0v) is 12.7. The second-order valence-electron chi connectivity index (χ2n) is 4.81. The van der Waals surface area contributed by atoms with Gasteiger partial charge in [-0.1, -0.05) is 6.07 Å². The maximum Gasteiger partial charge on any atom is 0.242 e. The summed E-state index contributed by atoms with van der Waals surface area (Å²) < 4.78 is 1.01. The van der Waals surface area contributed by atoms with Crippen molar-refractivity contribution in [3.8, 4) is 0 Å². The van der Waals surface area contributed by atoms with E-state index in [9.17, 15) is 4.79 Å². The summed E-state index contributed by atoms with van der Waals surface area (Å²) in [6.07, 6.45) is 3.14. The zero-order chi connectivity index (χ0) is 13.8. The number of amides is 1. The summed E-state index contributed by atoms with van der Waals surface area (Å²) in [6, 6.07) is 6.03. The van der Waals surface area contributed by atoms with Gasteiger partial charge in [-0.25, -0.2) is 0 Å². The van der Waals surface area contributed by atoms with Crippen molar-refractivity contribution in [1.29, 1.82) is 0 Å². The molecule has 104 valence electrons. The van der Waals surface area contributed by atoms with E-state index in [1.54, 1.807) is 7.05 Å². The Hall–Kier alpha value is -1.07. The lowest BCUT2D eigenvalue weighted by Crippen LogP contribution is -2.49. The number of halogens is 1. The fourth-order valence-electron chi connectivity index (χ4n) is 2.57. The largest absolute Gasteiger partial charge is 0.359 e. The first-order valence-electron chi connectivity index (χ1n) is 6.64. The van der Waals surface area contributed by atoms with Gasteiger partial charge in [0.2, 0.25) is 5.91 Å². The molecule has 0 bridgehead atoms. The van der Waals surface area contributed by atoms with Crippen molar-refractivity contribution in [2.24, 2.45) is 5.73 Å². The number of carbonyl (C=O) groups is 1. The molecule has 1 aliphatic heterocycles. The molecule has 3 N–H and O–H groups in total. The number of nitrogens with two attached hydrogens (primary N) is 1. The monoisotopic (exact) mass is 325 g/mol. The van der Waals surface area contributed by atoms with Gasteiger partial charge >= 0.3 is 0 Å². The third-order valence-electron chi connectivity index (χ3n) is 3.61. The molecular formula is C14H20BrN3O. The van der Waals surface area contributed by atoms with Crippen LogP contribution in [0.2, 0.25) is 0 Å². The van der Waals surface area contributed by atoms with Crippen molar-refractivity contribution in [3.63, 3.8) is 0 Å². The van der Waals surface area contributed by atoms with E-state index < -0.39 is 0 Å². The van der Waals surface area contributed by atoms with E-state index in [4.69, 9.17) is 5.73 Å². The van der Waals surface area contributed by atoms with Gasteiger partial charge < -0.3 is 16.0 Å². The number of hydrogen-bond acceptors (Lipinski definition) is 3. The van der Waals surface area contributed by atoms with Crippen LogP contribution in [0.4, 0.5) is 5.69 Å². The Morgan fingerprint density at radius 1 is 1.53 bits per heavy atom. The summed E-state index contributed by atoms with van der Waals surface area (Å²) in [7, 11) is 1.70. The Morgan fingerprint density at radius 3 is 2.95 bits per heavy atom. The number of benzene rings is 1. The molecule has 0 aromatic heterocycles. The predicted octanol–water partition coefficient (Wildman–Crippen LogP) is 2.01. The quantitative estimate of drug-likeness (QED) is 0.893. The Bertz CT molecular complexity index is 464. The van der Waals surface area contributed by atoms with Crippen LogP contribution >= 0.6 is 15.9 Å². The molecule has 19 heavy (non-hydrogen) atoms. The molecule has 1 heterocycles. The SMILES string of the molecule is CNC(=O)C1CCCCN1c1ccc(CN)cc1Br. The number of nitrogens with zero attached hydrogens (tertiary/aromatic N) is 1. The Morgan fingerprint density at radius 2 is 2.32 bits per heavy atom. The van der Waals surface area contributed by atoms with Gasteiger partial charge in [-0.2, -0.15) is 0 Å². The topological polar surface area (TPSA) is 58.4 Å². The van der Waals surface area contributed by atoms with E-state index in [-0.39, 0.29) is 11.9 Å². The second kappa shape index (κ2) is 6.39. The van der Waals surface area contributed by atoms with Crippen LogP contribution < -0.4 is 16.0 Å². The van der Waals surface area contributed by atoms with E-state index in [1.807, 2.05) is 18.2 Å². The minimum atomic E-state index is -0.0706. The number of hydrogen-bond donors (Lipinski definition) is 2. The summed E-state index contributed by atoms with van der Waals surface area (Å²) >= 11 is 3.59. The van der Waals surface area contributed by atoms with Gasteiger partial charge in [0.25, 0.3) is 0 Å². The Labute approximate surface area is 122 Å². The van der Waals surface area contributed by atoms with E-state index in [2.05, 4.69) is 26.1 Å². The zero-order valence-electron chi connectivity index (χ0n) is 11.2. The summed E-state index contributed by atoms with van der Waals surface area (Å²) in [5, 5.41) is 2.76. The lowest BCUT2D eigenvalue weighted by atomic mass is 10.00. The van der Waals surface area contributed by atoms with Gasteiger partial charge in [0.05, 0.1) is 5.69 Å². The third kappa shape index (κ3) is 3.09. The molecule has 1 amide bonds. The standard InChI is InChI=1S/C14H20BrN3O/c1-17-14(19)13-4-2-3-7-18(13)12-6-5-10(9-16)8-11(12)15/h5-6,8,13H,2-4,7,9,16H2,1H3,(H,17,19). The van der Waals surface area contributed by atoms with Crippen LogP contribution in [0.5, 0.6) is 0 Å². The van der Waals surface area contributed by atoms with Crippen molar-refractivity contribution < 1.29 is 4.79 Å². The first kappa shape index (κ1) is 14.3. The fraction of sp³-hybridized carbons (Fsp3) is 0.500. The molecule has 1 atom stereocenters. The summed E-state index contributed by atoms with van der Waals surface area (Å²) in [6.45, 7) is 1.44. The average molecular weight is 326 g/mol. The highest BCUT2D eigenvalue weighted by Crippen LogP contribution is 2.32. The molecule has 1 aliphatic rings. The van der Waals surface area contributed by atoms with E-state index >= 15 is 0 Å². The number of likely N-dealkylation sites (N-methyl/N-ethyl adjacent to an activating group) is 1. The molecule has 0 aliphatic carbocycles. The summed E-state index contributed by atoms with van der Waals surface area (Å²) in [4.78, 5) is 14.2. The number of nitrogens with one attached hydrogen (secondary N) is 1. The Balaban J connectivity index is 2.29. The maximum absolute atomic E-state index is 12.0. The van der Waals surface area contributed by atoms with Crippen LogP contribution in [0, 0.1) is 0 Å². The molecule has 1 fully saturated rings. The molecule has 0 radical (unpaired) electrons. The first-order chi connectivity index (χ1) is 9.17. The summed E-state index contributed by atoms with van der Waals surface area (Å²) in [5.74, 6) is 0.0921. The average Bonchev–Trinajstić information content (AvgIpc) is 2.46. The Kier molecular flexibility index (Phi) is 4.82. The highest BCUT2D eigenvalue weighted by Gasteiger charge is 2.29. The second-order valence-corrected chi connectivity index (χ2v) is 5.66. The smallest absolute Gasteiger partial charge is 0.242 e. The van der Waals surface area contributed by atoms with Crippen LogP contribution in [-0.4, -0.2) is 25.5 Å². The molecule has 1 unspecified atom stereocenters. The van der Waals surface area contributed by atoms with Crippen molar-refractivity contribution in [1.82, 2.24) is 5.32 Å². The van der Waals surface area contributed by atoms with E-state index in [0.717, 1.165) is 41.5 Å². The molecule has 1 aromatic rings. The number of carbonyl (C=O) groups excluding carboxylic acids is 1. The number of rotatable bonds is 3. The molecule has 5 heteroatoms. The molecule has 1 saturated heterocycles. The molecule has 2 rings (SSSR count). The van der Waals surface area contributed by atoms with Crippen molar-refractivity contribution in [2.45, 2.75) is 31.8 Å². The van der Waals surface area contributed by atoms with Gasteiger partial charge in [0.15, 0.2) is 0 Å². The molecule has 4 nitrogen and oxygen atoms in total. The minimum Gasteiger partial charge on any atom is -0.359 e. The lowest BCUT2D eigenvalue weighted by Gasteiger charge is -2.37. The minimum absolute atomic E-state index is 0.0706. The highest BCUT2D eigenvalue weighted by atomic mass is 79.9. The number of anilines is 1. The van der Waals surface area contributed by atoms with Gasteiger partial charge in [-0.15, -0.1) is 0 Å². The highest BCUT2D eigenvalue weighted by molar-refractivity contribution is 9.10. The van der Waals surface area contributed by atoms with Crippen LogP contribution in [0.1, 0.15) is 24.8 Å². The first-order valence-corrected chi connectivity index (χ1v) is 7.43. The van der Waals surface area contributed by atoms with Gasteiger partial charge in [-0.3, -0.25) is 4.79 Å². The predicted molar refractivity (Wildman–Crippen MR) is 81.1 cm³/mol. The maximum atomic E-state index is 12.0. The number of piperidine rings is 1. The van der Waals surface area contributed by atoms with Crippen molar-refractivity contribution in [3.05, 3.63) is 28.2 Å². The normalized spacial score (nSPS) is 19.3.